The van der Waals surface area contributed by atoms with Gasteiger partial charge >= 0.3 is 0 Å². The van der Waals surface area contributed by atoms with Crippen molar-refractivity contribution >= 4 is 22.9 Å². The van der Waals surface area contributed by atoms with Crippen molar-refractivity contribution in [1.82, 2.24) is 0 Å². The molecular formula is C15H14F2N2S. The number of benzene rings is 2. The van der Waals surface area contributed by atoms with Crippen LogP contribution in [0.25, 0.3) is 0 Å². The van der Waals surface area contributed by atoms with Crippen LogP contribution in [0.15, 0.2) is 36.4 Å². The first-order valence-electron chi connectivity index (χ1n) is 6.05. The van der Waals surface area contributed by atoms with Crippen molar-refractivity contribution in [2.45, 2.75) is 13.5 Å². The highest BCUT2D eigenvalue weighted by molar-refractivity contribution is 7.80. The number of thiocarbonyl (C=S) groups is 1. The highest BCUT2D eigenvalue weighted by atomic mass is 32.1. The fourth-order valence-corrected chi connectivity index (χ4v) is 2.16. The fourth-order valence-electron chi connectivity index (χ4n) is 1.93. The van der Waals surface area contributed by atoms with Crippen LogP contribution < -0.4 is 11.1 Å². The van der Waals surface area contributed by atoms with Gasteiger partial charge in [-0.25, -0.2) is 8.78 Å². The minimum atomic E-state index is -0.455. The summed E-state index contributed by atoms with van der Waals surface area (Å²) in [5.74, 6) is -0.890. The molecule has 0 bridgehead atoms. The second-order valence-electron chi connectivity index (χ2n) is 4.48. The lowest BCUT2D eigenvalue weighted by Crippen LogP contribution is -2.11. The summed E-state index contributed by atoms with van der Waals surface area (Å²) in [5, 5.41) is 3.05. The molecule has 2 nitrogen and oxygen atoms in total. The van der Waals surface area contributed by atoms with Crippen molar-refractivity contribution in [1.29, 1.82) is 0 Å². The quantitative estimate of drug-likeness (QED) is 0.847. The predicted molar refractivity (Wildman–Crippen MR) is 80.8 cm³/mol. The molecule has 0 fully saturated rings. The maximum atomic E-state index is 13.5. The van der Waals surface area contributed by atoms with E-state index in [0.29, 0.717) is 4.99 Å². The zero-order valence-electron chi connectivity index (χ0n) is 10.9. The van der Waals surface area contributed by atoms with Crippen LogP contribution >= 0.6 is 12.2 Å². The molecular weight excluding hydrogens is 278 g/mol. The summed E-state index contributed by atoms with van der Waals surface area (Å²) in [6, 6.07) is 8.87. The zero-order chi connectivity index (χ0) is 14.7. The van der Waals surface area contributed by atoms with Crippen LogP contribution in [0.1, 0.15) is 16.7 Å². The highest BCUT2D eigenvalue weighted by Crippen LogP contribution is 2.17. The predicted octanol–water partition coefficient (Wildman–Crippen LogP) is 3.52. The molecule has 0 spiro atoms. The van der Waals surface area contributed by atoms with Gasteiger partial charge in [0.25, 0.3) is 0 Å². The molecule has 20 heavy (non-hydrogen) atoms. The van der Waals surface area contributed by atoms with Gasteiger partial charge in [-0.05, 0) is 48.9 Å². The summed E-state index contributed by atoms with van der Waals surface area (Å²) >= 11 is 4.93. The number of hydrogen-bond acceptors (Lipinski definition) is 2. The van der Waals surface area contributed by atoms with E-state index >= 15 is 0 Å². The van der Waals surface area contributed by atoms with Crippen molar-refractivity contribution in [3.8, 4) is 0 Å². The monoisotopic (exact) mass is 292 g/mol. The Morgan fingerprint density at radius 2 is 1.95 bits per heavy atom. The summed E-state index contributed by atoms with van der Waals surface area (Å²) in [6.07, 6.45) is 0. The number of halogens is 2. The molecule has 0 unspecified atom stereocenters. The van der Waals surface area contributed by atoms with Crippen molar-refractivity contribution in [2.75, 3.05) is 5.32 Å². The molecule has 0 aromatic heterocycles. The Morgan fingerprint density at radius 3 is 2.60 bits per heavy atom. The van der Waals surface area contributed by atoms with E-state index in [2.05, 4.69) is 5.32 Å². The first kappa shape index (κ1) is 14.4. The lowest BCUT2D eigenvalue weighted by Gasteiger charge is -2.10. The van der Waals surface area contributed by atoms with E-state index in [4.69, 9.17) is 18.0 Å². The average molecular weight is 292 g/mol. The van der Waals surface area contributed by atoms with Crippen molar-refractivity contribution in [3.05, 3.63) is 64.7 Å². The van der Waals surface area contributed by atoms with E-state index in [0.717, 1.165) is 28.9 Å². The number of nitrogens with one attached hydrogen (secondary N) is 1. The van der Waals surface area contributed by atoms with E-state index in [-0.39, 0.29) is 12.1 Å². The summed E-state index contributed by atoms with van der Waals surface area (Å²) in [7, 11) is 0. The normalized spacial score (nSPS) is 10.3. The van der Waals surface area contributed by atoms with Gasteiger partial charge in [-0.1, -0.05) is 12.2 Å². The summed E-state index contributed by atoms with van der Waals surface area (Å²) in [4.78, 5) is 0.338. The highest BCUT2D eigenvalue weighted by Gasteiger charge is 2.05. The second-order valence-corrected chi connectivity index (χ2v) is 4.92. The minimum absolute atomic E-state index is 0.204. The molecule has 2 aromatic carbocycles. The van der Waals surface area contributed by atoms with Crippen molar-refractivity contribution in [2.24, 2.45) is 5.73 Å². The lowest BCUT2D eigenvalue weighted by atomic mass is 10.1. The van der Waals surface area contributed by atoms with Gasteiger partial charge in [0.2, 0.25) is 0 Å². The molecule has 2 aromatic rings. The third kappa shape index (κ3) is 3.30. The van der Waals surface area contributed by atoms with E-state index in [1.165, 1.54) is 6.07 Å². The standard InChI is InChI=1S/C15H14F2N2S/c1-9-6-12(3-4-13(9)15(18)20)19-8-10-7-11(16)2-5-14(10)17/h2-7,19H,8H2,1H3,(H2,18,20). The van der Waals surface area contributed by atoms with Crippen LogP contribution in [0.4, 0.5) is 14.5 Å². The SMILES string of the molecule is Cc1cc(NCc2cc(F)ccc2F)ccc1C(N)=S. The Labute approximate surface area is 121 Å². The van der Waals surface area contributed by atoms with E-state index in [1.54, 1.807) is 6.07 Å². The molecule has 2 rings (SSSR count). The van der Waals surface area contributed by atoms with Crippen molar-refractivity contribution in [3.63, 3.8) is 0 Å². The molecule has 0 radical (unpaired) electrons. The van der Waals surface area contributed by atoms with E-state index in [1.807, 2.05) is 19.1 Å². The average Bonchev–Trinajstić information content (AvgIpc) is 2.39. The van der Waals surface area contributed by atoms with Crippen LogP contribution in [0.5, 0.6) is 0 Å². The maximum absolute atomic E-state index is 13.5. The summed E-state index contributed by atoms with van der Waals surface area (Å²) in [6.45, 7) is 2.10. The topological polar surface area (TPSA) is 38.0 Å². The van der Waals surface area contributed by atoms with Crippen LogP contribution in [0.2, 0.25) is 0 Å². The Balaban J connectivity index is 2.13. The van der Waals surface area contributed by atoms with Crippen LogP contribution in [0.3, 0.4) is 0 Å². The minimum Gasteiger partial charge on any atom is -0.389 e. The van der Waals surface area contributed by atoms with Gasteiger partial charge < -0.3 is 11.1 Å². The van der Waals surface area contributed by atoms with Crippen LogP contribution in [-0.2, 0) is 6.54 Å². The first-order chi connectivity index (χ1) is 9.47. The molecule has 0 amide bonds. The van der Waals surface area contributed by atoms with Gasteiger partial charge in [-0.15, -0.1) is 0 Å². The number of hydrogen-bond donors (Lipinski definition) is 2. The van der Waals surface area contributed by atoms with Gasteiger partial charge in [-0.2, -0.15) is 0 Å². The molecule has 3 N–H and O–H groups in total. The Hall–Kier alpha value is -2.01. The molecule has 5 heteroatoms. The van der Waals surface area contributed by atoms with Gasteiger partial charge in [0, 0.05) is 23.4 Å². The molecule has 0 aliphatic heterocycles. The van der Waals surface area contributed by atoms with Crippen molar-refractivity contribution < 1.29 is 8.78 Å². The summed E-state index contributed by atoms with van der Waals surface area (Å²) in [5.41, 5.74) is 8.40. The molecule has 0 aliphatic carbocycles. The fraction of sp³-hybridized carbons (Fsp3) is 0.133. The number of nitrogens with two attached hydrogens (primary N) is 1. The zero-order valence-corrected chi connectivity index (χ0v) is 11.7. The lowest BCUT2D eigenvalue weighted by molar-refractivity contribution is 0.587. The molecule has 0 atom stereocenters. The molecule has 0 aliphatic rings. The second kappa shape index (κ2) is 5.96. The smallest absolute Gasteiger partial charge is 0.128 e. The molecule has 0 saturated carbocycles. The number of aryl methyl sites for hydroxylation is 1. The Morgan fingerprint density at radius 1 is 1.20 bits per heavy atom. The Kier molecular flexibility index (Phi) is 4.29. The van der Waals surface area contributed by atoms with E-state index < -0.39 is 11.6 Å². The van der Waals surface area contributed by atoms with E-state index in [9.17, 15) is 8.78 Å². The third-order valence-electron chi connectivity index (χ3n) is 2.98. The number of anilines is 1. The summed E-state index contributed by atoms with van der Waals surface area (Å²) < 4.78 is 26.5. The largest absolute Gasteiger partial charge is 0.389 e. The Bertz CT molecular complexity index is 656. The molecule has 104 valence electrons. The first-order valence-corrected chi connectivity index (χ1v) is 6.46. The van der Waals surface area contributed by atoms with Crippen LogP contribution in [-0.4, -0.2) is 4.99 Å². The van der Waals surface area contributed by atoms with Gasteiger partial charge in [0.15, 0.2) is 0 Å². The maximum Gasteiger partial charge on any atom is 0.128 e. The van der Waals surface area contributed by atoms with Gasteiger partial charge in [0.1, 0.15) is 16.6 Å². The molecule has 0 heterocycles. The number of rotatable bonds is 4. The van der Waals surface area contributed by atoms with Gasteiger partial charge in [0.05, 0.1) is 0 Å². The molecule has 0 saturated heterocycles. The third-order valence-corrected chi connectivity index (χ3v) is 3.20. The van der Waals surface area contributed by atoms with Gasteiger partial charge in [-0.3, -0.25) is 0 Å². The van der Waals surface area contributed by atoms with Crippen LogP contribution in [0, 0.1) is 18.6 Å².